The summed E-state index contributed by atoms with van der Waals surface area (Å²) in [6.45, 7) is 1.27. The Labute approximate surface area is 186 Å². The first kappa shape index (κ1) is 23.2. The third kappa shape index (κ3) is 5.43. The maximum Gasteiger partial charge on any atom is 0.264 e. The van der Waals surface area contributed by atoms with Crippen LogP contribution >= 0.6 is 11.6 Å². The van der Waals surface area contributed by atoms with Crippen molar-refractivity contribution in [3.05, 3.63) is 59.1 Å². The number of alkyl halides is 1. The molecule has 2 aromatic carbocycles. The van der Waals surface area contributed by atoms with Gasteiger partial charge in [0.15, 0.2) is 0 Å². The van der Waals surface area contributed by atoms with Crippen molar-refractivity contribution in [2.45, 2.75) is 49.7 Å². The van der Waals surface area contributed by atoms with Gasteiger partial charge in [0.05, 0.1) is 23.2 Å². The number of Topliss-reactive ketones (excluding diaryl/α,β-unsaturated/α-hetero) is 1. The van der Waals surface area contributed by atoms with Crippen molar-refractivity contribution in [1.82, 2.24) is 5.32 Å². The molecule has 1 fully saturated rings. The van der Waals surface area contributed by atoms with E-state index in [1.807, 2.05) is 0 Å². The number of ketones is 1. The molecule has 9 heteroatoms. The van der Waals surface area contributed by atoms with E-state index in [0.29, 0.717) is 24.3 Å². The molecule has 3 rings (SSSR count). The fourth-order valence-corrected chi connectivity index (χ4v) is 5.45. The Morgan fingerprint density at radius 3 is 2.26 bits per heavy atom. The maximum atomic E-state index is 14.9. The van der Waals surface area contributed by atoms with Crippen molar-refractivity contribution < 1.29 is 22.4 Å². The number of nitrogens with one attached hydrogen (secondary N) is 1. The van der Waals surface area contributed by atoms with E-state index in [2.05, 4.69) is 5.32 Å². The largest absolute Gasteiger partial charge is 0.345 e. The molecule has 0 bridgehead atoms. The molecule has 0 spiro atoms. The first-order chi connectivity index (χ1) is 14.7. The second-order valence-electron chi connectivity index (χ2n) is 7.55. The topological polar surface area (TPSA) is 83.6 Å². The molecule has 0 saturated heterocycles. The molecule has 2 unspecified atom stereocenters. The first-order valence-electron chi connectivity index (χ1n) is 10.0. The van der Waals surface area contributed by atoms with Gasteiger partial charge < -0.3 is 5.32 Å². The number of rotatable bonds is 7. The van der Waals surface area contributed by atoms with Gasteiger partial charge in [0, 0.05) is 10.6 Å². The van der Waals surface area contributed by atoms with Gasteiger partial charge in [-0.25, -0.2) is 12.8 Å². The van der Waals surface area contributed by atoms with E-state index in [9.17, 15) is 22.4 Å². The van der Waals surface area contributed by atoms with Gasteiger partial charge in [-0.1, -0.05) is 24.4 Å². The molecule has 0 aromatic heterocycles. The van der Waals surface area contributed by atoms with Crippen LogP contribution in [-0.2, 0) is 14.8 Å². The van der Waals surface area contributed by atoms with Crippen LogP contribution < -0.4 is 9.62 Å². The third-order valence-corrected chi connectivity index (χ3v) is 7.32. The van der Waals surface area contributed by atoms with Crippen LogP contribution in [0.2, 0.25) is 5.02 Å². The molecule has 2 atom stereocenters. The fourth-order valence-electron chi connectivity index (χ4n) is 3.63. The zero-order valence-electron chi connectivity index (χ0n) is 17.1. The summed E-state index contributed by atoms with van der Waals surface area (Å²) in [5, 5.41) is 2.88. The Kier molecular flexibility index (Phi) is 7.33. The molecule has 1 N–H and O–H groups in total. The number of amides is 1. The normalized spacial score (nSPS) is 18.9. The van der Waals surface area contributed by atoms with Crippen molar-refractivity contribution in [3.63, 3.8) is 0 Å². The number of halogens is 2. The molecule has 1 aliphatic carbocycles. The molecule has 2 aromatic rings. The predicted octanol–water partition coefficient (Wildman–Crippen LogP) is 4.13. The van der Waals surface area contributed by atoms with Gasteiger partial charge in [0.1, 0.15) is 12.0 Å². The van der Waals surface area contributed by atoms with Crippen LogP contribution in [-0.4, -0.2) is 38.9 Å². The summed E-state index contributed by atoms with van der Waals surface area (Å²) >= 11 is 5.90. The van der Waals surface area contributed by atoms with E-state index >= 15 is 0 Å². The Morgan fingerprint density at radius 2 is 1.68 bits per heavy atom. The molecule has 6 nitrogen and oxygen atoms in total. The summed E-state index contributed by atoms with van der Waals surface area (Å²) in [6, 6.07) is 10.8. The van der Waals surface area contributed by atoms with Crippen LogP contribution in [0.4, 0.5) is 10.1 Å². The van der Waals surface area contributed by atoms with Gasteiger partial charge in [0.2, 0.25) is 0 Å². The van der Waals surface area contributed by atoms with Crippen LogP contribution in [0.1, 0.15) is 43.0 Å². The minimum atomic E-state index is -4.07. The molecule has 1 saturated carbocycles. The fraction of sp³-hybridized carbons (Fsp3) is 0.364. The number of nitrogens with zero attached hydrogens (tertiary/aromatic N) is 1. The quantitative estimate of drug-likeness (QED) is 0.664. The standard InChI is InChI=1S/C22H24ClFN2O4S/c1-15(27)14-25-22(28)16-6-10-18(11-7-16)26(21-5-3-2-4-20(21)24)31(29,30)19-12-8-17(23)9-13-19/h6-13,20-21H,2-5,14H2,1H3,(H,25,28). The Bertz CT molecular complexity index is 1040. The molecule has 1 aliphatic rings. The highest BCUT2D eigenvalue weighted by atomic mass is 35.5. The van der Waals surface area contributed by atoms with Crippen molar-refractivity contribution >= 4 is 39.0 Å². The van der Waals surface area contributed by atoms with Crippen LogP contribution in [0, 0.1) is 0 Å². The lowest BCUT2D eigenvalue weighted by molar-refractivity contribution is -0.116. The van der Waals surface area contributed by atoms with Gasteiger partial charge >= 0.3 is 0 Å². The van der Waals surface area contributed by atoms with Crippen LogP contribution in [0.25, 0.3) is 0 Å². The van der Waals surface area contributed by atoms with E-state index < -0.39 is 28.1 Å². The summed E-state index contributed by atoms with van der Waals surface area (Å²) in [5.41, 5.74) is 0.543. The molecule has 166 valence electrons. The molecule has 31 heavy (non-hydrogen) atoms. The van der Waals surface area contributed by atoms with E-state index in [1.165, 1.54) is 55.5 Å². The zero-order chi connectivity index (χ0) is 22.6. The number of carbonyl (C=O) groups is 2. The van der Waals surface area contributed by atoms with Crippen LogP contribution in [0.5, 0.6) is 0 Å². The summed E-state index contributed by atoms with van der Waals surface area (Å²) in [4.78, 5) is 23.2. The van der Waals surface area contributed by atoms with Crippen molar-refractivity contribution in [2.75, 3.05) is 10.8 Å². The number of benzene rings is 2. The lowest BCUT2D eigenvalue weighted by Crippen LogP contribution is -2.47. The van der Waals surface area contributed by atoms with Gasteiger partial charge in [-0.15, -0.1) is 0 Å². The van der Waals surface area contributed by atoms with Gasteiger partial charge in [-0.3, -0.25) is 13.9 Å². The average Bonchev–Trinajstić information content (AvgIpc) is 2.74. The number of hydrogen-bond acceptors (Lipinski definition) is 4. The van der Waals surface area contributed by atoms with Gasteiger partial charge in [0.25, 0.3) is 15.9 Å². The van der Waals surface area contributed by atoms with Crippen molar-refractivity contribution in [1.29, 1.82) is 0 Å². The molecule has 0 heterocycles. The van der Waals surface area contributed by atoms with Crippen LogP contribution in [0.3, 0.4) is 0 Å². The Balaban J connectivity index is 1.98. The smallest absolute Gasteiger partial charge is 0.264 e. The second-order valence-corrected chi connectivity index (χ2v) is 9.81. The lowest BCUT2D eigenvalue weighted by Gasteiger charge is -2.37. The zero-order valence-corrected chi connectivity index (χ0v) is 18.6. The number of carbonyl (C=O) groups excluding carboxylic acids is 2. The van der Waals surface area contributed by atoms with E-state index in [4.69, 9.17) is 11.6 Å². The SMILES string of the molecule is CC(=O)CNC(=O)c1ccc(N(C2CCCCC2F)S(=O)(=O)c2ccc(Cl)cc2)cc1. The highest BCUT2D eigenvalue weighted by Crippen LogP contribution is 2.34. The molecular formula is C22H24ClFN2O4S. The molecule has 0 aliphatic heterocycles. The molecule has 1 amide bonds. The number of anilines is 1. The first-order valence-corrected chi connectivity index (χ1v) is 11.8. The Hall–Kier alpha value is -2.45. The number of sulfonamides is 1. The minimum absolute atomic E-state index is 0.0120. The van der Waals surface area contributed by atoms with Crippen molar-refractivity contribution in [2.24, 2.45) is 0 Å². The monoisotopic (exact) mass is 466 g/mol. The lowest BCUT2D eigenvalue weighted by atomic mass is 9.93. The van der Waals surface area contributed by atoms with Gasteiger partial charge in [-0.05, 0) is 68.3 Å². The molecular weight excluding hydrogens is 443 g/mol. The summed E-state index contributed by atoms with van der Waals surface area (Å²) in [5.74, 6) is -0.633. The molecule has 0 radical (unpaired) electrons. The predicted molar refractivity (Wildman–Crippen MR) is 118 cm³/mol. The Morgan fingerprint density at radius 1 is 1.06 bits per heavy atom. The summed E-state index contributed by atoms with van der Waals surface area (Å²) in [7, 11) is -4.07. The second kappa shape index (κ2) is 9.78. The average molecular weight is 467 g/mol. The van der Waals surface area contributed by atoms with Crippen LogP contribution in [0.15, 0.2) is 53.4 Å². The highest BCUT2D eigenvalue weighted by Gasteiger charge is 2.38. The number of hydrogen-bond donors (Lipinski definition) is 1. The van der Waals surface area contributed by atoms with Gasteiger partial charge in [-0.2, -0.15) is 0 Å². The van der Waals surface area contributed by atoms with E-state index in [-0.39, 0.29) is 28.5 Å². The van der Waals surface area contributed by atoms with E-state index in [1.54, 1.807) is 0 Å². The summed E-state index contributed by atoms with van der Waals surface area (Å²) in [6.07, 6.45) is 0.831. The van der Waals surface area contributed by atoms with Crippen molar-refractivity contribution in [3.8, 4) is 0 Å². The third-order valence-electron chi connectivity index (χ3n) is 5.20. The summed E-state index contributed by atoms with van der Waals surface area (Å²) < 4.78 is 42.9. The minimum Gasteiger partial charge on any atom is -0.345 e. The maximum absolute atomic E-state index is 14.9. The van der Waals surface area contributed by atoms with E-state index in [0.717, 1.165) is 10.7 Å². The highest BCUT2D eigenvalue weighted by molar-refractivity contribution is 7.92.